The van der Waals surface area contributed by atoms with E-state index in [1.807, 2.05) is 19.5 Å². The van der Waals surface area contributed by atoms with Crippen molar-refractivity contribution in [2.24, 2.45) is 0 Å². The average molecular weight is 293 g/mol. The summed E-state index contributed by atoms with van der Waals surface area (Å²) >= 11 is 1.62. The zero-order valence-corrected chi connectivity index (χ0v) is 12.3. The third-order valence-corrected chi connectivity index (χ3v) is 3.91. The van der Waals surface area contributed by atoms with Crippen LogP contribution in [0.4, 0.5) is 4.39 Å². The maximum atomic E-state index is 12.7. The van der Waals surface area contributed by atoms with E-state index in [0.717, 1.165) is 18.4 Å². The lowest BCUT2D eigenvalue weighted by atomic mass is 10.2. The first-order valence-electron chi connectivity index (χ1n) is 6.28. The fourth-order valence-electron chi connectivity index (χ4n) is 1.76. The van der Waals surface area contributed by atoms with Gasteiger partial charge in [0.1, 0.15) is 11.5 Å². The van der Waals surface area contributed by atoms with Gasteiger partial charge in [0.15, 0.2) is 5.78 Å². The second-order valence-electron chi connectivity index (χ2n) is 4.63. The monoisotopic (exact) mass is 293 g/mol. The Morgan fingerprint density at radius 2 is 2.20 bits per heavy atom. The summed E-state index contributed by atoms with van der Waals surface area (Å²) in [7, 11) is 1.96. The second kappa shape index (κ2) is 6.67. The van der Waals surface area contributed by atoms with Crippen molar-refractivity contribution in [3.63, 3.8) is 0 Å². The molecule has 0 amide bonds. The fourth-order valence-corrected chi connectivity index (χ4v) is 2.62. The smallest absolute Gasteiger partial charge is 0.182 e. The van der Waals surface area contributed by atoms with E-state index in [0.29, 0.717) is 18.7 Å². The maximum Gasteiger partial charge on any atom is 0.182 e. The van der Waals surface area contributed by atoms with Crippen LogP contribution in [0.2, 0.25) is 0 Å². The van der Waals surface area contributed by atoms with Gasteiger partial charge in [-0.05, 0) is 26.1 Å². The van der Waals surface area contributed by atoms with Gasteiger partial charge >= 0.3 is 0 Å². The summed E-state index contributed by atoms with van der Waals surface area (Å²) in [5.74, 6) is -0.503. The van der Waals surface area contributed by atoms with E-state index < -0.39 is 5.82 Å². The first-order valence-corrected chi connectivity index (χ1v) is 7.16. The molecule has 0 aliphatic heterocycles. The van der Waals surface area contributed by atoms with Crippen LogP contribution in [0.5, 0.6) is 0 Å². The van der Waals surface area contributed by atoms with Crippen molar-refractivity contribution < 1.29 is 9.18 Å². The predicted molar refractivity (Wildman–Crippen MR) is 76.3 cm³/mol. The van der Waals surface area contributed by atoms with Gasteiger partial charge in [-0.15, -0.1) is 11.3 Å². The molecule has 0 aliphatic carbocycles. The van der Waals surface area contributed by atoms with Gasteiger partial charge < -0.3 is 4.90 Å². The molecule has 20 heavy (non-hydrogen) atoms. The number of rotatable bonds is 6. The molecule has 0 atom stereocenters. The molecule has 2 aromatic heterocycles. The first kappa shape index (κ1) is 14.7. The highest BCUT2D eigenvalue weighted by Crippen LogP contribution is 2.14. The molecule has 4 nitrogen and oxygen atoms in total. The Hall–Kier alpha value is -1.66. The van der Waals surface area contributed by atoms with Gasteiger partial charge in [-0.2, -0.15) is 0 Å². The largest absolute Gasteiger partial charge is 0.301 e. The number of halogens is 1. The molecule has 2 aromatic rings. The van der Waals surface area contributed by atoms with Crippen LogP contribution < -0.4 is 0 Å². The Bertz CT molecular complexity index is 582. The molecule has 0 spiro atoms. The van der Waals surface area contributed by atoms with Crippen LogP contribution in [-0.2, 0) is 6.54 Å². The van der Waals surface area contributed by atoms with Crippen LogP contribution >= 0.6 is 11.3 Å². The number of carbonyl (C=O) groups is 1. The summed E-state index contributed by atoms with van der Waals surface area (Å²) in [6.07, 6.45) is 1.44. The van der Waals surface area contributed by atoms with Gasteiger partial charge in [0.25, 0.3) is 0 Å². The molecule has 0 radical (unpaired) electrons. The lowest BCUT2D eigenvalue weighted by Gasteiger charge is -2.15. The first-order chi connectivity index (χ1) is 9.56. The molecule has 0 N–H and O–H groups in total. The Morgan fingerprint density at radius 3 is 2.80 bits per heavy atom. The van der Waals surface area contributed by atoms with Crippen LogP contribution in [0, 0.1) is 12.7 Å². The zero-order valence-electron chi connectivity index (χ0n) is 11.5. The molecule has 0 saturated carbocycles. The van der Waals surface area contributed by atoms with Gasteiger partial charge in [-0.25, -0.2) is 9.37 Å². The number of aromatic nitrogens is 2. The lowest BCUT2D eigenvalue weighted by molar-refractivity contribution is 0.0963. The van der Waals surface area contributed by atoms with Crippen molar-refractivity contribution in [1.82, 2.24) is 14.9 Å². The fraction of sp³-hybridized carbons (Fsp3) is 0.357. The van der Waals surface area contributed by atoms with Crippen LogP contribution in [0.3, 0.4) is 0 Å². The van der Waals surface area contributed by atoms with Crippen molar-refractivity contribution >= 4 is 17.1 Å². The van der Waals surface area contributed by atoms with E-state index in [1.165, 1.54) is 17.0 Å². The van der Waals surface area contributed by atoms with Crippen molar-refractivity contribution in [3.8, 4) is 0 Å². The molecule has 0 bridgehead atoms. The zero-order chi connectivity index (χ0) is 14.5. The molecule has 2 heterocycles. The van der Waals surface area contributed by atoms with Crippen molar-refractivity contribution in [3.05, 3.63) is 45.9 Å². The van der Waals surface area contributed by atoms with E-state index in [9.17, 15) is 9.18 Å². The van der Waals surface area contributed by atoms with Crippen LogP contribution in [0.15, 0.2) is 23.8 Å². The van der Waals surface area contributed by atoms with Crippen molar-refractivity contribution in [2.75, 3.05) is 13.6 Å². The van der Waals surface area contributed by atoms with E-state index in [1.54, 1.807) is 11.3 Å². The Labute approximate surface area is 121 Å². The minimum atomic E-state index is -0.431. The second-order valence-corrected chi connectivity index (χ2v) is 5.57. The van der Waals surface area contributed by atoms with Crippen LogP contribution in [0.25, 0.3) is 0 Å². The minimum Gasteiger partial charge on any atom is -0.301 e. The summed E-state index contributed by atoms with van der Waals surface area (Å²) in [4.78, 5) is 23.2. The predicted octanol–water partition coefficient (Wildman–Crippen LogP) is 2.69. The normalized spacial score (nSPS) is 11.0. The number of thiazole rings is 1. The van der Waals surface area contributed by atoms with E-state index in [2.05, 4.69) is 14.9 Å². The summed E-state index contributed by atoms with van der Waals surface area (Å²) in [5, 5.41) is 0. The molecule has 106 valence electrons. The third kappa shape index (κ3) is 3.91. The van der Waals surface area contributed by atoms with Gasteiger partial charge in [0.05, 0.1) is 17.4 Å². The van der Waals surface area contributed by atoms with Gasteiger partial charge in [-0.3, -0.25) is 9.78 Å². The Kier molecular flexibility index (Phi) is 4.92. The average Bonchev–Trinajstić information content (AvgIpc) is 2.82. The van der Waals surface area contributed by atoms with Gasteiger partial charge in [0.2, 0.25) is 0 Å². The number of aryl methyl sites for hydroxylation is 1. The molecule has 2 rings (SSSR count). The molecular weight excluding hydrogens is 277 g/mol. The third-order valence-electron chi connectivity index (χ3n) is 2.99. The lowest BCUT2D eigenvalue weighted by Crippen LogP contribution is -2.21. The number of Topliss-reactive ketones (excluding diaryl/α,β-unsaturated/α-hetero) is 1. The number of pyridine rings is 1. The highest BCUT2D eigenvalue weighted by atomic mass is 32.1. The van der Waals surface area contributed by atoms with Crippen molar-refractivity contribution in [1.29, 1.82) is 0 Å². The number of nitrogens with zero attached hydrogens (tertiary/aromatic N) is 3. The Balaban J connectivity index is 1.84. The summed E-state index contributed by atoms with van der Waals surface area (Å²) in [6.45, 7) is 3.39. The highest BCUT2D eigenvalue weighted by molar-refractivity contribution is 7.09. The molecule has 0 fully saturated rings. The summed E-state index contributed by atoms with van der Waals surface area (Å²) in [6, 6.07) is 2.68. The van der Waals surface area contributed by atoms with E-state index >= 15 is 0 Å². The Morgan fingerprint density at radius 1 is 1.40 bits per heavy atom. The molecule has 0 aromatic carbocycles. The molecule has 0 saturated heterocycles. The van der Waals surface area contributed by atoms with Crippen LogP contribution in [0.1, 0.15) is 27.5 Å². The van der Waals surface area contributed by atoms with E-state index in [4.69, 9.17) is 0 Å². The number of hydrogen-bond acceptors (Lipinski definition) is 5. The molecule has 6 heteroatoms. The van der Waals surface area contributed by atoms with Crippen LogP contribution in [-0.4, -0.2) is 34.2 Å². The number of carbonyl (C=O) groups excluding carboxylic acids is 1. The van der Waals surface area contributed by atoms with Gasteiger partial charge in [0, 0.05) is 24.4 Å². The number of ketones is 1. The topological polar surface area (TPSA) is 46.1 Å². The van der Waals surface area contributed by atoms with Crippen molar-refractivity contribution in [2.45, 2.75) is 19.9 Å². The summed E-state index contributed by atoms with van der Waals surface area (Å²) in [5.41, 5.74) is 3.17. The molecular formula is C14H16FN3OS. The standard InChI is InChI=1S/C14H16FN3OS/c1-10-14(20-9-17-10)8-18(2)6-5-13(19)12-4-3-11(15)7-16-12/h3-4,7,9H,5-6,8H2,1-2H3. The molecule has 0 unspecified atom stereocenters. The quantitative estimate of drug-likeness (QED) is 0.768. The number of hydrogen-bond donors (Lipinski definition) is 0. The highest BCUT2D eigenvalue weighted by Gasteiger charge is 2.10. The minimum absolute atomic E-state index is 0.0714. The summed E-state index contributed by atoms with van der Waals surface area (Å²) < 4.78 is 12.7. The maximum absolute atomic E-state index is 12.7. The SMILES string of the molecule is Cc1ncsc1CN(C)CCC(=O)c1ccc(F)cn1. The van der Waals surface area contributed by atoms with E-state index in [-0.39, 0.29) is 5.78 Å². The van der Waals surface area contributed by atoms with Gasteiger partial charge in [-0.1, -0.05) is 0 Å². The molecule has 0 aliphatic rings.